The monoisotopic (exact) mass is 306 g/mol. The highest BCUT2D eigenvalue weighted by Gasteiger charge is 2.50. The molecule has 0 radical (unpaired) electrons. The number of aryl methyl sites for hydroxylation is 1. The van der Waals surface area contributed by atoms with Gasteiger partial charge in [-0.1, -0.05) is 26.0 Å². The van der Waals surface area contributed by atoms with E-state index in [-0.39, 0.29) is 5.41 Å². The number of benzene rings is 1. The number of para-hydroxylation sites is 1. The highest BCUT2D eigenvalue weighted by Crippen LogP contribution is 2.52. The topological polar surface area (TPSA) is 27.1 Å². The highest BCUT2D eigenvalue weighted by molar-refractivity contribution is 6.16. The normalized spacial score (nSPS) is 24.2. The maximum atomic E-state index is 6.16. The van der Waals surface area contributed by atoms with Crippen molar-refractivity contribution in [2.24, 2.45) is 5.41 Å². The Morgan fingerprint density at radius 3 is 2.81 bits per heavy atom. The molecule has 1 heterocycles. The van der Waals surface area contributed by atoms with E-state index in [9.17, 15) is 0 Å². The number of fused-ring (bicyclic) bond motifs is 1. The summed E-state index contributed by atoms with van der Waals surface area (Å²) in [5.41, 5.74) is 3.63. The van der Waals surface area contributed by atoms with Gasteiger partial charge in [-0.05, 0) is 31.9 Å². The summed E-state index contributed by atoms with van der Waals surface area (Å²) in [4.78, 5) is 4.72. The summed E-state index contributed by atoms with van der Waals surface area (Å²) in [5.74, 6) is 1.41. The quantitative estimate of drug-likeness (QED) is 0.780. The van der Waals surface area contributed by atoms with Crippen molar-refractivity contribution in [3.05, 3.63) is 29.6 Å². The molecule has 1 saturated carbocycles. The average Bonchev–Trinajstić information content (AvgIpc) is 2.82. The van der Waals surface area contributed by atoms with Crippen molar-refractivity contribution in [2.45, 2.75) is 52.1 Å². The van der Waals surface area contributed by atoms with Gasteiger partial charge in [-0.2, -0.15) is 0 Å². The first-order valence-electron chi connectivity index (χ1n) is 7.64. The van der Waals surface area contributed by atoms with Crippen molar-refractivity contribution in [3.8, 4) is 0 Å². The Labute approximate surface area is 131 Å². The minimum atomic E-state index is 0.104. The Bertz CT molecular complexity index is 662. The molecule has 2 aromatic rings. The molecule has 1 aliphatic rings. The van der Waals surface area contributed by atoms with E-state index in [4.69, 9.17) is 21.3 Å². The minimum Gasteiger partial charge on any atom is -0.378 e. The third-order valence-electron chi connectivity index (χ3n) is 4.91. The molecule has 1 aromatic carbocycles. The molecule has 0 aliphatic heterocycles. The molecule has 0 amide bonds. The molecule has 1 aliphatic carbocycles. The summed E-state index contributed by atoms with van der Waals surface area (Å²) in [5, 5.41) is 0. The third kappa shape index (κ3) is 2.18. The lowest BCUT2D eigenvalue weighted by atomic mass is 9.64. The number of imidazole rings is 1. The van der Waals surface area contributed by atoms with E-state index in [1.54, 1.807) is 0 Å². The second-order valence-corrected chi connectivity index (χ2v) is 6.76. The molecule has 4 heteroatoms. The molecule has 3 nitrogen and oxygen atoms in total. The van der Waals surface area contributed by atoms with Gasteiger partial charge in [0.05, 0.1) is 23.0 Å². The Kier molecular flexibility index (Phi) is 3.74. The number of nitrogens with zero attached hydrogens (tertiary/aromatic N) is 2. The summed E-state index contributed by atoms with van der Waals surface area (Å²) in [6.45, 7) is 9.54. The number of rotatable bonds is 4. The molecule has 2 unspecified atom stereocenters. The Hall–Kier alpha value is -1.06. The van der Waals surface area contributed by atoms with Crippen molar-refractivity contribution < 1.29 is 4.74 Å². The fraction of sp³-hybridized carbons (Fsp3) is 0.588. The second kappa shape index (κ2) is 5.29. The van der Waals surface area contributed by atoms with E-state index in [0.29, 0.717) is 18.0 Å². The molecule has 3 rings (SSSR count). The van der Waals surface area contributed by atoms with Gasteiger partial charge in [0.25, 0.3) is 0 Å². The van der Waals surface area contributed by atoms with Crippen LogP contribution in [-0.4, -0.2) is 22.3 Å². The van der Waals surface area contributed by atoms with Crippen LogP contribution in [0.15, 0.2) is 18.2 Å². The lowest BCUT2D eigenvalue weighted by Gasteiger charge is -2.52. The molecule has 0 bridgehead atoms. The van der Waals surface area contributed by atoms with Crippen LogP contribution in [0.3, 0.4) is 0 Å². The number of halogens is 1. The van der Waals surface area contributed by atoms with Gasteiger partial charge in [0.1, 0.15) is 5.82 Å². The maximum absolute atomic E-state index is 6.16. The van der Waals surface area contributed by atoms with Crippen LogP contribution in [-0.2, 0) is 10.6 Å². The molecule has 1 fully saturated rings. The summed E-state index contributed by atoms with van der Waals surface area (Å²) in [7, 11) is 0. The van der Waals surface area contributed by atoms with E-state index in [0.717, 1.165) is 24.4 Å². The summed E-state index contributed by atoms with van der Waals surface area (Å²) >= 11 is 6.16. The maximum Gasteiger partial charge on any atom is 0.125 e. The van der Waals surface area contributed by atoms with Gasteiger partial charge in [0, 0.05) is 18.1 Å². The van der Waals surface area contributed by atoms with Crippen molar-refractivity contribution in [1.82, 2.24) is 9.55 Å². The van der Waals surface area contributed by atoms with E-state index in [1.807, 2.05) is 0 Å². The van der Waals surface area contributed by atoms with Gasteiger partial charge in [-0.25, -0.2) is 4.98 Å². The summed E-state index contributed by atoms with van der Waals surface area (Å²) in [6, 6.07) is 6.67. The van der Waals surface area contributed by atoms with Gasteiger partial charge in [-0.15, -0.1) is 11.6 Å². The van der Waals surface area contributed by atoms with E-state index >= 15 is 0 Å². The van der Waals surface area contributed by atoms with Gasteiger partial charge in [-0.3, -0.25) is 0 Å². The zero-order valence-corrected chi connectivity index (χ0v) is 13.9. The van der Waals surface area contributed by atoms with Crippen LogP contribution < -0.4 is 0 Å². The third-order valence-corrected chi connectivity index (χ3v) is 5.15. The Morgan fingerprint density at radius 1 is 1.43 bits per heavy atom. The number of alkyl halides is 1. The van der Waals surface area contributed by atoms with Crippen molar-refractivity contribution in [3.63, 3.8) is 0 Å². The zero-order valence-electron chi connectivity index (χ0n) is 13.2. The van der Waals surface area contributed by atoms with Gasteiger partial charge in [0.15, 0.2) is 0 Å². The summed E-state index contributed by atoms with van der Waals surface area (Å²) < 4.78 is 8.22. The number of ether oxygens (including phenoxy) is 1. The van der Waals surface area contributed by atoms with Crippen LogP contribution in [0.2, 0.25) is 0 Å². The van der Waals surface area contributed by atoms with Crippen LogP contribution in [0.25, 0.3) is 11.0 Å². The fourth-order valence-electron chi connectivity index (χ4n) is 3.59. The molecule has 2 atom stereocenters. The minimum absolute atomic E-state index is 0.104. The number of hydrogen-bond donors (Lipinski definition) is 0. The van der Waals surface area contributed by atoms with Gasteiger partial charge >= 0.3 is 0 Å². The second-order valence-electron chi connectivity index (χ2n) is 6.49. The first kappa shape index (κ1) is 14.9. The van der Waals surface area contributed by atoms with E-state index in [1.165, 1.54) is 11.1 Å². The fourth-order valence-corrected chi connectivity index (χ4v) is 3.77. The predicted octanol–water partition coefficient (Wildman–Crippen LogP) is 4.46. The SMILES string of the molecule is CCOC1CC(n2c(CCl)nc3cccc(C)c32)C1(C)C. The summed E-state index contributed by atoms with van der Waals surface area (Å²) in [6.07, 6.45) is 1.35. The largest absolute Gasteiger partial charge is 0.378 e. The molecule has 1 aromatic heterocycles. The number of hydrogen-bond acceptors (Lipinski definition) is 2. The van der Waals surface area contributed by atoms with Gasteiger partial charge in [0.2, 0.25) is 0 Å². The molecule has 114 valence electrons. The van der Waals surface area contributed by atoms with Crippen molar-refractivity contribution in [2.75, 3.05) is 6.61 Å². The van der Waals surface area contributed by atoms with Crippen LogP contribution in [0, 0.1) is 12.3 Å². The van der Waals surface area contributed by atoms with Crippen molar-refractivity contribution in [1.29, 1.82) is 0 Å². The zero-order chi connectivity index (χ0) is 15.2. The van der Waals surface area contributed by atoms with E-state index in [2.05, 4.69) is 50.5 Å². The molecule has 0 saturated heterocycles. The molecule has 0 spiro atoms. The number of aromatic nitrogens is 2. The van der Waals surface area contributed by atoms with Crippen LogP contribution in [0.5, 0.6) is 0 Å². The Balaban J connectivity index is 2.09. The highest BCUT2D eigenvalue weighted by atomic mass is 35.5. The average molecular weight is 307 g/mol. The van der Waals surface area contributed by atoms with Crippen molar-refractivity contribution >= 4 is 22.6 Å². The van der Waals surface area contributed by atoms with Crippen LogP contribution >= 0.6 is 11.6 Å². The Morgan fingerprint density at radius 2 is 2.19 bits per heavy atom. The predicted molar refractivity (Wildman–Crippen MR) is 86.9 cm³/mol. The molecular weight excluding hydrogens is 284 g/mol. The molecule has 21 heavy (non-hydrogen) atoms. The smallest absolute Gasteiger partial charge is 0.125 e. The molecule has 0 N–H and O–H groups in total. The standard InChI is InChI=1S/C17H23ClN2O/c1-5-21-14-9-13(17(14,3)4)20-15(10-18)19-12-8-6-7-11(2)16(12)20/h6-8,13-14H,5,9-10H2,1-4H3. The molecular formula is C17H23ClN2O. The van der Waals surface area contributed by atoms with Crippen LogP contribution in [0.1, 0.15) is 44.6 Å². The van der Waals surface area contributed by atoms with Crippen LogP contribution in [0.4, 0.5) is 0 Å². The van der Waals surface area contributed by atoms with E-state index < -0.39 is 0 Å². The lowest BCUT2D eigenvalue weighted by Crippen LogP contribution is -2.51. The van der Waals surface area contributed by atoms with Gasteiger partial charge < -0.3 is 9.30 Å². The lowest BCUT2D eigenvalue weighted by molar-refractivity contribution is -0.127. The first-order chi connectivity index (χ1) is 10.0. The first-order valence-corrected chi connectivity index (χ1v) is 8.18.